The van der Waals surface area contributed by atoms with Crippen LogP contribution in [0.5, 0.6) is 5.75 Å². The number of aromatic hydroxyl groups is 1. The van der Waals surface area contributed by atoms with E-state index >= 15 is 0 Å². The van der Waals surface area contributed by atoms with Gasteiger partial charge in [-0.2, -0.15) is 0 Å². The van der Waals surface area contributed by atoms with Gasteiger partial charge in [-0.3, -0.25) is 19.3 Å². The number of hydrogen-bond acceptors (Lipinski definition) is 9. The first-order valence-electron chi connectivity index (χ1n) is 10.0. The van der Waals surface area contributed by atoms with E-state index in [0.717, 1.165) is 0 Å². The monoisotopic (exact) mass is 444 g/mol. The lowest BCUT2D eigenvalue weighted by Gasteiger charge is -2.53. The molecule has 1 fully saturated rings. The second kappa shape index (κ2) is 6.89. The molecule has 0 bridgehead atoms. The van der Waals surface area contributed by atoms with Gasteiger partial charge in [0.2, 0.25) is 5.78 Å². The molecule has 3 aliphatic rings. The highest BCUT2D eigenvalue weighted by Gasteiger charge is 2.68. The third-order valence-electron chi connectivity index (χ3n) is 6.99. The third kappa shape index (κ3) is 2.48. The molecular formula is C22H24N2O8. The molecule has 1 aromatic carbocycles. The number of likely N-dealkylation sites (N-methyl/N-ethyl adjacent to an activating group) is 1. The van der Waals surface area contributed by atoms with Gasteiger partial charge < -0.3 is 31.3 Å². The number of carbonyl (C=O) groups is 3. The number of benzene rings is 1. The van der Waals surface area contributed by atoms with Crippen LogP contribution in [0, 0.1) is 11.8 Å². The van der Waals surface area contributed by atoms with Crippen LogP contribution in [-0.2, 0) is 14.4 Å². The van der Waals surface area contributed by atoms with Gasteiger partial charge in [-0.25, -0.2) is 0 Å². The zero-order valence-electron chi connectivity index (χ0n) is 17.6. The van der Waals surface area contributed by atoms with E-state index in [-0.39, 0.29) is 11.3 Å². The van der Waals surface area contributed by atoms with E-state index in [0.29, 0.717) is 5.56 Å². The molecule has 4 rings (SSSR count). The summed E-state index contributed by atoms with van der Waals surface area (Å²) in [4.78, 5) is 40.0. The lowest BCUT2D eigenvalue weighted by Crippen LogP contribution is -2.70. The van der Waals surface area contributed by atoms with Gasteiger partial charge in [0.15, 0.2) is 11.4 Å². The maximum absolute atomic E-state index is 13.7. The Morgan fingerprint density at radius 1 is 1.16 bits per heavy atom. The van der Waals surface area contributed by atoms with Crippen molar-refractivity contribution in [3.05, 3.63) is 46.2 Å². The molecule has 10 nitrogen and oxygen atoms in total. The second-order valence-corrected chi connectivity index (χ2v) is 8.79. The third-order valence-corrected chi connectivity index (χ3v) is 6.99. The van der Waals surface area contributed by atoms with Gasteiger partial charge in [0, 0.05) is 11.5 Å². The Morgan fingerprint density at radius 3 is 2.34 bits per heavy atom. The number of nitrogens with two attached hydrogens (primary N) is 1. The van der Waals surface area contributed by atoms with Crippen molar-refractivity contribution >= 4 is 23.2 Å². The fourth-order valence-electron chi connectivity index (χ4n) is 5.58. The van der Waals surface area contributed by atoms with Crippen LogP contribution in [0.25, 0.3) is 5.76 Å². The predicted molar refractivity (Wildman–Crippen MR) is 110 cm³/mol. The van der Waals surface area contributed by atoms with Crippen molar-refractivity contribution < 1.29 is 39.9 Å². The number of hydrogen-bond donors (Lipinski definition) is 6. The van der Waals surface area contributed by atoms with Gasteiger partial charge >= 0.3 is 0 Å². The van der Waals surface area contributed by atoms with E-state index in [1.165, 1.54) is 25.1 Å². The van der Waals surface area contributed by atoms with Crippen LogP contribution < -0.4 is 5.73 Å². The molecule has 0 spiro atoms. The molecule has 32 heavy (non-hydrogen) atoms. The van der Waals surface area contributed by atoms with Gasteiger partial charge in [-0.1, -0.05) is 19.1 Å². The minimum atomic E-state index is -2.89. The standard InChI is InChI=1S/C22H24N2O8/c1-7-8-5-4-6-9(25)11(8)16(26)12-10(7)17(27)14-15(24(2)3)18(28)13(21(23)31)20(30)22(14,32)19(12)29/h4-7,10,14-15,17,25-27,30,32H,1-3H3,(H2,23,31)/t7-,10-,14-,15-,17-,22-/m0/s1. The normalized spacial score (nSPS) is 34.4. The van der Waals surface area contributed by atoms with E-state index < -0.39 is 75.6 Å². The Labute approximate surface area is 182 Å². The molecule has 0 aromatic heterocycles. The number of nitrogens with zero attached hydrogens (tertiary/aromatic N) is 1. The summed E-state index contributed by atoms with van der Waals surface area (Å²) in [5.74, 6) is -8.87. The summed E-state index contributed by atoms with van der Waals surface area (Å²) >= 11 is 0. The van der Waals surface area contributed by atoms with Crippen LogP contribution in [0.4, 0.5) is 0 Å². The number of amides is 1. The first kappa shape index (κ1) is 22.0. The van der Waals surface area contributed by atoms with E-state index in [1.54, 1.807) is 19.1 Å². The smallest absolute Gasteiger partial charge is 0.255 e. The summed E-state index contributed by atoms with van der Waals surface area (Å²) in [5, 5.41) is 54.9. The average Bonchev–Trinajstić information content (AvgIpc) is 2.70. The molecule has 0 saturated heterocycles. The first-order valence-corrected chi connectivity index (χ1v) is 10.0. The average molecular weight is 444 g/mol. The SMILES string of the molecule is C[C@H]1c2cccc(O)c2C(O)=C2C(=O)[C@]3(O)C(O)=C(C(N)=O)C(=O)[C@@H](N(C)C)[C@H]3[C@@H](O)[C@H]21. The number of primary amides is 1. The Bertz CT molecular complexity index is 1140. The predicted octanol–water partition coefficient (Wildman–Crippen LogP) is -0.504. The number of phenols is 1. The summed E-state index contributed by atoms with van der Waals surface area (Å²) in [6.45, 7) is 1.68. The molecule has 1 saturated carbocycles. The number of phenolic OH excluding ortho intramolecular Hbond substituents is 1. The highest BCUT2D eigenvalue weighted by Crippen LogP contribution is 2.55. The Balaban J connectivity index is 2.07. The van der Waals surface area contributed by atoms with Crippen LogP contribution in [0.15, 0.2) is 35.1 Å². The summed E-state index contributed by atoms with van der Waals surface area (Å²) < 4.78 is 0. The van der Waals surface area contributed by atoms with Crippen LogP contribution in [-0.4, -0.2) is 79.7 Å². The molecule has 1 aromatic rings. The van der Waals surface area contributed by atoms with Gasteiger partial charge in [0.25, 0.3) is 5.91 Å². The number of carbonyl (C=O) groups excluding carboxylic acids is 3. The van der Waals surface area contributed by atoms with Crippen molar-refractivity contribution in [1.82, 2.24) is 4.90 Å². The minimum Gasteiger partial charge on any atom is -0.508 e. The number of rotatable bonds is 2. The Morgan fingerprint density at radius 2 is 1.78 bits per heavy atom. The lowest BCUT2D eigenvalue weighted by atomic mass is 9.54. The fourth-order valence-corrected chi connectivity index (χ4v) is 5.58. The maximum atomic E-state index is 13.7. The zero-order valence-corrected chi connectivity index (χ0v) is 17.6. The number of aliphatic hydroxyl groups excluding tert-OH is 3. The number of aliphatic hydroxyl groups is 4. The lowest BCUT2D eigenvalue weighted by molar-refractivity contribution is -0.169. The Kier molecular flexibility index (Phi) is 4.74. The van der Waals surface area contributed by atoms with E-state index in [9.17, 15) is 39.9 Å². The quantitative estimate of drug-likeness (QED) is 0.327. The molecule has 6 atom stereocenters. The number of ketones is 2. The minimum absolute atomic E-state index is 0.0245. The molecule has 3 aliphatic carbocycles. The molecular weight excluding hydrogens is 420 g/mol. The zero-order chi connectivity index (χ0) is 23.9. The van der Waals surface area contributed by atoms with Crippen molar-refractivity contribution in [1.29, 1.82) is 0 Å². The van der Waals surface area contributed by atoms with Crippen molar-refractivity contribution in [2.45, 2.75) is 30.6 Å². The van der Waals surface area contributed by atoms with E-state index in [4.69, 9.17) is 5.73 Å². The molecule has 170 valence electrons. The summed E-state index contributed by atoms with van der Waals surface area (Å²) in [6.07, 6.45) is -1.59. The van der Waals surface area contributed by atoms with Gasteiger partial charge in [0.05, 0.1) is 23.6 Å². The van der Waals surface area contributed by atoms with Crippen LogP contribution in [0.3, 0.4) is 0 Å². The number of Topliss-reactive ketones (excluding diaryl/α,β-unsaturated/α-hetero) is 2. The first-order chi connectivity index (χ1) is 14.9. The summed E-state index contributed by atoms with van der Waals surface area (Å²) in [5.41, 5.74) is 1.47. The van der Waals surface area contributed by atoms with Crippen molar-refractivity contribution in [3.63, 3.8) is 0 Å². The molecule has 0 unspecified atom stereocenters. The largest absolute Gasteiger partial charge is 0.508 e. The topological polar surface area (TPSA) is 182 Å². The molecule has 1 amide bonds. The summed E-state index contributed by atoms with van der Waals surface area (Å²) in [7, 11) is 2.92. The van der Waals surface area contributed by atoms with Crippen molar-refractivity contribution in [3.8, 4) is 5.75 Å². The Hall–Kier alpha value is -3.21. The molecule has 10 heteroatoms. The molecule has 0 heterocycles. The highest BCUT2D eigenvalue weighted by atomic mass is 16.4. The van der Waals surface area contributed by atoms with Crippen molar-refractivity contribution in [2.75, 3.05) is 14.1 Å². The van der Waals surface area contributed by atoms with E-state index in [1.807, 2.05) is 0 Å². The highest BCUT2D eigenvalue weighted by molar-refractivity contribution is 6.24. The molecule has 0 radical (unpaired) electrons. The molecule has 7 N–H and O–H groups in total. The van der Waals surface area contributed by atoms with Gasteiger partial charge in [-0.15, -0.1) is 0 Å². The molecule has 0 aliphatic heterocycles. The van der Waals surface area contributed by atoms with Crippen LogP contribution in [0.2, 0.25) is 0 Å². The van der Waals surface area contributed by atoms with Gasteiger partial charge in [-0.05, 0) is 31.6 Å². The van der Waals surface area contributed by atoms with E-state index in [2.05, 4.69) is 0 Å². The van der Waals surface area contributed by atoms with Crippen LogP contribution in [0.1, 0.15) is 24.0 Å². The van der Waals surface area contributed by atoms with Crippen molar-refractivity contribution in [2.24, 2.45) is 17.6 Å². The number of fused-ring (bicyclic) bond motifs is 3. The fraction of sp³-hybridized carbons (Fsp3) is 0.409. The summed E-state index contributed by atoms with van der Waals surface area (Å²) in [6, 6.07) is 3.13. The van der Waals surface area contributed by atoms with Gasteiger partial charge in [0.1, 0.15) is 22.8 Å². The second-order valence-electron chi connectivity index (χ2n) is 8.79. The maximum Gasteiger partial charge on any atom is 0.255 e. The van der Waals surface area contributed by atoms with Crippen LogP contribution >= 0.6 is 0 Å².